The van der Waals surface area contributed by atoms with Gasteiger partial charge < -0.3 is 5.11 Å². The average molecular weight is 156 g/mol. The van der Waals surface area contributed by atoms with E-state index in [2.05, 4.69) is 0 Å². The van der Waals surface area contributed by atoms with Crippen LogP contribution in [0.25, 0.3) is 0 Å². The fourth-order valence-electron chi connectivity index (χ4n) is 1.13. The number of rotatable bonds is 3. The second-order valence-corrected chi connectivity index (χ2v) is 2.92. The van der Waals surface area contributed by atoms with Crippen molar-refractivity contribution in [3.05, 3.63) is 11.3 Å². The quantitative estimate of drug-likeness (QED) is 0.503. The molecule has 0 unspecified atom stereocenters. The second kappa shape index (κ2) is 4.16. The number of aliphatic hydroxyl groups excluding tert-OH is 1. The van der Waals surface area contributed by atoms with Gasteiger partial charge in [0.15, 0.2) is 5.78 Å². The van der Waals surface area contributed by atoms with Crippen LogP contribution < -0.4 is 0 Å². The Labute approximate surface area is 67.9 Å². The van der Waals surface area contributed by atoms with Crippen molar-refractivity contribution in [3.8, 4) is 0 Å². The van der Waals surface area contributed by atoms with Crippen molar-refractivity contribution < 1.29 is 9.90 Å². The van der Waals surface area contributed by atoms with Gasteiger partial charge in [0.2, 0.25) is 0 Å². The summed E-state index contributed by atoms with van der Waals surface area (Å²) in [6.45, 7) is 7.13. The molecule has 64 valence electrons. The highest BCUT2D eigenvalue weighted by Gasteiger charge is 2.12. The van der Waals surface area contributed by atoms with E-state index in [9.17, 15) is 9.90 Å². The smallest absolute Gasteiger partial charge is 0.159 e. The molecule has 0 aromatic heterocycles. The third-order valence-corrected chi connectivity index (χ3v) is 1.60. The molecule has 2 nitrogen and oxygen atoms in total. The van der Waals surface area contributed by atoms with Crippen molar-refractivity contribution in [2.45, 2.75) is 34.1 Å². The van der Waals surface area contributed by atoms with Crippen molar-refractivity contribution in [2.75, 3.05) is 0 Å². The summed E-state index contributed by atoms with van der Waals surface area (Å²) >= 11 is 0. The lowest BCUT2D eigenvalue weighted by Crippen LogP contribution is -2.07. The first kappa shape index (κ1) is 10.2. The Morgan fingerprint density at radius 2 is 1.91 bits per heavy atom. The Morgan fingerprint density at radius 3 is 2.00 bits per heavy atom. The molecule has 1 N–H and O–H groups in total. The standard InChI is InChI=1S/C9H16O2/c1-5-8(11)9(6(2)3)7(4)10/h6,11H,5H2,1-4H3/b9-8-. The van der Waals surface area contributed by atoms with Crippen molar-refractivity contribution in [1.82, 2.24) is 0 Å². The SMILES string of the molecule is CC/C(O)=C(/C(C)=O)C(C)C. The van der Waals surface area contributed by atoms with E-state index in [1.54, 1.807) is 0 Å². The third-order valence-electron chi connectivity index (χ3n) is 1.60. The number of carbonyl (C=O) groups is 1. The molecule has 0 fully saturated rings. The van der Waals surface area contributed by atoms with Crippen molar-refractivity contribution in [3.63, 3.8) is 0 Å². The average Bonchev–Trinajstić information content (AvgIpc) is 1.85. The fourth-order valence-corrected chi connectivity index (χ4v) is 1.13. The maximum atomic E-state index is 11.0. The van der Waals surface area contributed by atoms with Crippen LogP contribution in [-0.4, -0.2) is 10.9 Å². The van der Waals surface area contributed by atoms with Gasteiger partial charge in [0, 0.05) is 12.0 Å². The van der Waals surface area contributed by atoms with Gasteiger partial charge in [-0.3, -0.25) is 4.79 Å². The molecule has 0 aromatic rings. The Hall–Kier alpha value is -0.790. The monoisotopic (exact) mass is 156 g/mol. The van der Waals surface area contributed by atoms with Crippen LogP contribution in [-0.2, 0) is 4.79 Å². The summed E-state index contributed by atoms with van der Waals surface area (Å²) in [4.78, 5) is 11.0. The van der Waals surface area contributed by atoms with E-state index in [4.69, 9.17) is 0 Å². The van der Waals surface area contributed by atoms with Crippen LogP contribution in [0.5, 0.6) is 0 Å². The van der Waals surface area contributed by atoms with Crippen LogP contribution in [0.2, 0.25) is 0 Å². The lowest BCUT2D eigenvalue weighted by Gasteiger charge is -2.09. The lowest BCUT2D eigenvalue weighted by atomic mass is 9.97. The largest absolute Gasteiger partial charge is 0.512 e. The Bertz CT molecular complexity index is 178. The predicted octanol–water partition coefficient (Wildman–Crippen LogP) is 2.45. The van der Waals surface area contributed by atoms with Gasteiger partial charge in [-0.1, -0.05) is 20.8 Å². The van der Waals surface area contributed by atoms with E-state index in [1.165, 1.54) is 6.92 Å². The minimum Gasteiger partial charge on any atom is -0.512 e. The molecule has 0 aromatic carbocycles. The molecule has 0 aliphatic heterocycles. The normalized spacial score (nSPS) is 13.2. The summed E-state index contributed by atoms with van der Waals surface area (Å²) in [5.74, 6) is 0.319. The maximum Gasteiger partial charge on any atom is 0.159 e. The van der Waals surface area contributed by atoms with Crippen LogP contribution >= 0.6 is 0 Å². The first-order chi connectivity index (χ1) is 5.00. The molecule has 0 aliphatic carbocycles. The molecule has 0 saturated heterocycles. The van der Waals surface area contributed by atoms with E-state index in [0.717, 1.165) is 0 Å². The zero-order chi connectivity index (χ0) is 9.02. The number of aliphatic hydroxyl groups is 1. The first-order valence-corrected chi connectivity index (χ1v) is 3.93. The maximum absolute atomic E-state index is 11.0. The molecule has 2 heteroatoms. The highest BCUT2D eigenvalue weighted by Crippen LogP contribution is 2.16. The van der Waals surface area contributed by atoms with Gasteiger partial charge in [-0.05, 0) is 12.8 Å². The van der Waals surface area contributed by atoms with E-state index < -0.39 is 0 Å². The van der Waals surface area contributed by atoms with Crippen LogP contribution in [0.1, 0.15) is 34.1 Å². The summed E-state index contributed by atoms with van der Waals surface area (Å²) < 4.78 is 0. The molecular weight excluding hydrogens is 140 g/mol. The van der Waals surface area contributed by atoms with E-state index in [-0.39, 0.29) is 17.5 Å². The highest BCUT2D eigenvalue weighted by atomic mass is 16.3. The summed E-state index contributed by atoms with van der Waals surface area (Å²) in [6.07, 6.45) is 0.535. The third kappa shape index (κ3) is 2.74. The predicted molar refractivity (Wildman–Crippen MR) is 45.5 cm³/mol. The van der Waals surface area contributed by atoms with Gasteiger partial charge in [-0.25, -0.2) is 0 Å². The van der Waals surface area contributed by atoms with E-state index in [0.29, 0.717) is 12.0 Å². The molecule has 0 bridgehead atoms. The number of hydrogen-bond donors (Lipinski definition) is 1. The van der Waals surface area contributed by atoms with Crippen LogP contribution in [0, 0.1) is 5.92 Å². The summed E-state index contributed by atoms with van der Waals surface area (Å²) in [6, 6.07) is 0. The summed E-state index contributed by atoms with van der Waals surface area (Å²) in [5, 5.41) is 9.32. The summed E-state index contributed by atoms with van der Waals surface area (Å²) in [5.41, 5.74) is 0.563. The highest BCUT2D eigenvalue weighted by molar-refractivity contribution is 5.94. The van der Waals surface area contributed by atoms with E-state index >= 15 is 0 Å². The van der Waals surface area contributed by atoms with Crippen LogP contribution in [0.3, 0.4) is 0 Å². The Balaban J connectivity index is 4.73. The van der Waals surface area contributed by atoms with Gasteiger partial charge in [-0.2, -0.15) is 0 Å². The minimum absolute atomic E-state index is 0.0284. The minimum atomic E-state index is -0.0284. The first-order valence-electron chi connectivity index (χ1n) is 3.93. The molecule has 0 atom stereocenters. The molecule has 0 aliphatic rings. The van der Waals surface area contributed by atoms with Crippen molar-refractivity contribution in [2.24, 2.45) is 5.92 Å². The Morgan fingerprint density at radius 1 is 1.45 bits per heavy atom. The van der Waals surface area contributed by atoms with E-state index in [1.807, 2.05) is 20.8 Å². The van der Waals surface area contributed by atoms with Gasteiger partial charge in [0.25, 0.3) is 0 Å². The lowest BCUT2D eigenvalue weighted by molar-refractivity contribution is -0.114. The van der Waals surface area contributed by atoms with Gasteiger partial charge in [0.05, 0.1) is 5.76 Å². The molecule has 0 rings (SSSR count). The number of carbonyl (C=O) groups excluding carboxylic acids is 1. The number of hydrogen-bond acceptors (Lipinski definition) is 2. The molecule has 0 amide bonds. The molecule has 0 spiro atoms. The zero-order valence-electron chi connectivity index (χ0n) is 7.64. The van der Waals surface area contributed by atoms with Crippen molar-refractivity contribution >= 4 is 5.78 Å². The molecule has 11 heavy (non-hydrogen) atoms. The van der Waals surface area contributed by atoms with Crippen LogP contribution in [0.15, 0.2) is 11.3 Å². The topological polar surface area (TPSA) is 37.3 Å². The molecule has 0 radical (unpaired) electrons. The van der Waals surface area contributed by atoms with Crippen molar-refractivity contribution in [1.29, 1.82) is 0 Å². The van der Waals surface area contributed by atoms with Gasteiger partial charge in [-0.15, -0.1) is 0 Å². The molecule has 0 saturated carbocycles. The van der Waals surface area contributed by atoms with Gasteiger partial charge in [0.1, 0.15) is 0 Å². The van der Waals surface area contributed by atoms with Crippen LogP contribution in [0.4, 0.5) is 0 Å². The Kier molecular flexibility index (Phi) is 3.86. The molecule has 0 heterocycles. The molecular formula is C9H16O2. The zero-order valence-corrected chi connectivity index (χ0v) is 7.64. The van der Waals surface area contributed by atoms with Gasteiger partial charge >= 0.3 is 0 Å². The number of Topliss-reactive ketones (excluding diaryl/α,β-unsaturated/α-hetero) is 1. The fraction of sp³-hybridized carbons (Fsp3) is 0.667. The second-order valence-electron chi connectivity index (χ2n) is 2.92. The number of allylic oxidation sites excluding steroid dienone is 2. The number of ketones is 1. The summed E-state index contributed by atoms with van der Waals surface area (Å²) in [7, 11) is 0.